The molecule has 0 amide bonds. The first-order valence-corrected chi connectivity index (χ1v) is 7.03. The van der Waals surface area contributed by atoms with Crippen LogP contribution in [0.25, 0.3) is 0 Å². The molecule has 5 heteroatoms. The number of nitrogens with zero attached hydrogens (tertiary/aromatic N) is 1. The number of halogens is 2. The summed E-state index contributed by atoms with van der Waals surface area (Å²) in [4.78, 5) is 2.25. The molecule has 3 nitrogen and oxygen atoms in total. The van der Waals surface area contributed by atoms with Crippen molar-refractivity contribution in [3.05, 3.63) is 34.6 Å². The van der Waals surface area contributed by atoms with Crippen molar-refractivity contribution in [3.63, 3.8) is 0 Å². The number of hydrogen-bond acceptors (Lipinski definition) is 3. The number of hydrogen-bond donors (Lipinski definition) is 1. The highest BCUT2D eigenvalue weighted by molar-refractivity contribution is 6.30. The molecule has 2 N–H and O–H groups in total. The van der Waals surface area contributed by atoms with Gasteiger partial charge in [0.1, 0.15) is 5.82 Å². The minimum Gasteiger partial charge on any atom is -0.378 e. The van der Waals surface area contributed by atoms with Gasteiger partial charge in [-0.1, -0.05) is 24.6 Å². The highest BCUT2D eigenvalue weighted by atomic mass is 35.5. The van der Waals surface area contributed by atoms with Crippen LogP contribution < -0.4 is 5.73 Å². The Kier molecular flexibility index (Phi) is 5.16. The molecule has 1 aromatic carbocycles. The van der Waals surface area contributed by atoms with Crippen LogP contribution in [0.4, 0.5) is 4.39 Å². The van der Waals surface area contributed by atoms with E-state index in [1.807, 2.05) is 0 Å². The predicted octanol–water partition coefficient (Wildman–Crippen LogP) is 2.59. The zero-order valence-corrected chi connectivity index (χ0v) is 11.9. The molecule has 1 aromatic rings. The van der Waals surface area contributed by atoms with Crippen LogP contribution in [0.1, 0.15) is 24.9 Å². The molecule has 1 heterocycles. The van der Waals surface area contributed by atoms with Gasteiger partial charge < -0.3 is 10.5 Å². The summed E-state index contributed by atoms with van der Waals surface area (Å²) in [5.74, 6) is -0.288. The lowest BCUT2D eigenvalue weighted by Gasteiger charge is -2.40. The number of rotatable bonds is 4. The van der Waals surface area contributed by atoms with Crippen molar-refractivity contribution < 1.29 is 9.13 Å². The van der Waals surface area contributed by atoms with E-state index in [4.69, 9.17) is 22.1 Å². The van der Waals surface area contributed by atoms with Gasteiger partial charge in [0.25, 0.3) is 0 Å². The molecule has 0 radical (unpaired) electrons. The zero-order valence-electron chi connectivity index (χ0n) is 11.1. The number of morpholine rings is 1. The quantitative estimate of drug-likeness (QED) is 0.925. The summed E-state index contributed by atoms with van der Waals surface area (Å²) in [6, 6.07) is 4.96. The minimum absolute atomic E-state index is 0.119. The van der Waals surface area contributed by atoms with Crippen molar-refractivity contribution in [1.29, 1.82) is 0 Å². The van der Waals surface area contributed by atoms with Gasteiger partial charge in [0.15, 0.2) is 0 Å². The van der Waals surface area contributed by atoms with E-state index in [2.05, 4.69) is 11.8 Å². The third kappa shape index (κ3) is 3.26. The van der Waals surface area contributed by atoms with Gasteiger partial charge in [-0.2, -0.15) is 0 Å². The molecule has 0 saturated carbocycles. The molecule has 2 rings (SSSR count). The average molecular weight is 287 g/mol. The summed E-state index contributed by atoms with van der Waals surface area (Å²) in [6.07, 6.45) is 0.964. The minimum atomic E-state index is -0.288. The van der Waals surface area contributed by atoms with Crippen LogP contribution in [0.2, 0.25) is 5.02 Å². The Bertz CT molecular complexity index is 430. The van der Waals surface area contributed by atoms with Gasteiger partial charge >= 0.3 is 0 Å². The predicted molar refractivity (Wildman–Crippen MR) is 74.8 cm³/mol. The summed E-state index contributed by atoms with van der Waals surface area (Å²) >= 11 is 5.80. The lowest BCUT2D eigenvalue weighted by molar-refractivity contribution is -0.0297. The fourth-order valence-electron chi connectivity index (χ4n) is 2.64. The summed E-state index contributed by atoms with van der Waals surface area (Å²) in [6.45, 7) is 4.63. The molecular weight excluding hydrogens is 267 g/mol. The lowest BCUT2D eigenvalue weighted by Crippen LogP contribution is -2.49. The van der Waals surface area contributed by atoms with E-state index >= 15 is 0 Å². The maximum Gasteiger partial charge on any atom is 0.129 e. The first-order chi connectivity index (χ1) is 9.17. The fourth-order valence-corrected chi connectivity index (χ4v) is 2.80. The lowest BCUT2D eigenvalue weighted by atomic mass is 10.0. The monoisotopic (exact) mass is 286 g/mol. The van der Waals surface area contributed by atoms with E-state index in [1.165, 1.54) is 6.07 Å². The standard InChI is InChI=1S/C14H20ClFN2O/c1-2-11-9-19-6-5-18(11)14(8-17)12-4-3-10(15)7-13(12)16/h3-4,7,11,14H,2,5-6,8-9,17H2,1H3. The van der Waals surface area contributed by atoms with Gasteiger partial charge in [-0.3, -0.25) is 4.90 Å². The molecular formula is C14H20ClFN2O. The molecule has 1 saturated heterocycles. The summed E-state index contributed by atoms with van der Waals surface area (Å²) in [7, 11) is 0. The molecule has 0 aliphatic carbocycles. The van der Waals surface area contributed by atoms with Crippen LogP contribution >= 0.6 is 11.6 Å². The Morgan fingerprint density at radius 2 is 2.37 bits per heavy atom. The van der Waals surface area contributed by atoms with Crippen LogP contribution in [0, 0.1) is 5.82 Å². The molecule has 1 aliphatic rings. The van der Waals surface area contributed by atoms with E-state index in [0.29, 0.717) is 30.3 Å². The van der Waals surface area contributed by atoms with E-state index in [-0.39, 0.29) is 17.9 Å². The topological polar surface area (TPSA) is 38.5 Å². The largest absolute Gasteiger partial charge is 0.378 e. The first kappa shape index (κ1) is 14.7. The molecule has 0 spiro atoms. The van der Waals surface area contributed by atoms with Crippen LogP contribution in [0.15, 0.2) is 18.2 Å². The second-order valence-corrected chi connectivity index (χ2v) is 5.23. The second-order valence-electron chi connectivity index (χ2n) is 4.79. The van der Waals surface area contributed by atoms with Crippen molar-refractivity contribution in [2.45, 2.75) is 25.4 Å². The van der Waals surface area contributed by atoms with E-state index in [1.54, 1.807) is 12.1 Å². The van der Waals surface area contributed by atoms with Gasteiger partial charge in [-0.15, -0.1) is 0 Å². The molecule has 2 atom stereocenters. The third-order valence-corrected chi connectivity index (χ3v) is 3.92. The molecule has 106 valence electrons. The molecule has 1 fully saturated rings. The Morgan fingerprint density at radius 3 is 3.00 bits per heavy atom. The van der Waals surface area contributed by atoms with Crippen molar-refractivity contribution in [2.24, 2.45) is 5.73 Å². The second kappa shape index (κ2) is 6.66. The molecule has 0 bridgehead atoms. The number of ether oxygens (including phenoxy) is 1. The van der Waals surface area contributed by atoms with Crippen molar-refractivity contribution >= 4 is 11.6 Å². The number of benzene rings is 1. The average Bonchev–Trinajstić information content (AvgIpc) is 2.42. The van der Waals surface area contributed by atoms with Gasteiger partial charge in [-0.05, 0) is 18.6 Å². The smallest absolute Gasteiger partial charge is 0.129 e. The van der Waals surface area contributed by atoms with E-state index in [0.717, 1.165) is 13.0 Å². The van der Waals surface area contributed by atoms with Gasteiger partial charge in [-0.25, -0.2) is 4.39 Å². The first-order valence-electron chi connectivity index (χ1n) is 6.65. The summed E-state index contributed by atoms with van der Waals surface area (Å²) < 4.78 is 19.6. The van der Waals surface area contributed by atoms with Crippen molar-refractivity contribution in [3.8, 4) is 0 Å². The molecule has 0 aromatic heterocycles. The Hall–Kier alpha value is -0.680. The van der Waals surface area contributed by atoms with Gasteiger partial charge in [0.2, 0.25) is 0 Å². The Labute approximate surface area is 118 Å². The number of nitrogens with two attached hydrogens (primary N) is 1. The molecule has 1 aliphatic heterocycles. The van der Waals surface area contributed by atoms with Crippen LogP contribution in [0.5, 0.6) is 0 Å². The van der Waals surface area contributed by atoms with Crippen molar-refractivity contribution in [2.75, 3.05) is 26.3 Å². The van der Waals surface area contributed by atoms with Crippen LogP contribution in [-0.4, -0.2) is 37.2 Å². The van der Waals surface area contributed by atoms with Gasteiger partial charge in [0.05, 0.1) is 19.3 Å². The summed E-state index contributed by atoms with van der Waals surface area (Å²) in [5, 5.41) is 0.408. The zero-order chi connectivity index (χ0) is 13.8. The Balaban J connectivity index is 2.27. The Morgan fingerprint density at radius 1 is 1.58 bits per heavy atom. The van der Waals surface area contributed by atoms with Crippen LogP contribution in [-0.2, 0) is 4.74 Å². The third-order valence-electron chi connectivity index (χ3n) is 3.69. The van der Waals surface area contributed by atoms with Crippen molar-refractivity contribution in [1.82, 2.24) is 4.90 Å². The van der Waals surface area contributed by atoms with E-state index < -0.39 is 0 Å². The molecule has 2 unspecified atom stereocenters. The fraction of sp³-hybridized carbons (Fsp3) is 0.571. The van der Waals surface area contributed by atoms with E-state index in [9.17, 15) is 4.39 Å². The van der Waals surface area contributed by atoms with Gasteiger partial charge in [0, 0.05) is 29.7 Å². The molecule has 19 heavy (non-hydrogen) atoms. The maximum absolute atomic E-state index is 14.1. The summed E-state index contributed by atoms with van der Waals surface area (Å²) in [5.41, 5.74) is 6.50. The highest BCUT2D eigenvalue weighted by Crippen LogP contribution is 2.28. The SMILES string of the molecule is CCC1COCCN1C(CN)c1ccc(Cl)cc1F. The highest BCUT2D eigenvalue weighted by Gasteiger charge is 2.30. The normalized spacial score (nSPS) is 22.4. The maximum atomic E-state index is 14.1. The van der Waals surface area contributed by atoms with Crippen LogP contribution in [0.3, 0.4) is 0 Å².